The summed E-state index contributed by atoms with van der Waals surface area (Å²) in [6.45, 7) is 5.97. The number of ether oxygens (including phenoxy) is 2. The molecule has 1 amide bonds. The predicted molar refractivity (Wildman–Crippen MR) is 110 cm³/mol. The van der Waals surface area contributed by atoms with Crippen molar-refractivity contribution in [2.75, 3.05) is 25.0 Å². The Balaban J connectivity index is 1.76. The van der Waals surface area contributed by atoms with E-state index in [9.17, 15) is 18.0 Å². The van der Waals surface area contributed by atoms with Gasteiger partial charge in [0.05, 0.1) is 31.0 Å². The highest BCUT2D eigenvalue weighted by Crippen LogP contribution is 2.29. The van der Waals surface area contributed by atoms with Gasteiger partial charge in [-0.2, -0.15) is 13.2 Å². The van der Waals surface area contributed by atoms with Crippen molar-refractivity contribution in [2.45, 2.75) is 25.3 Å². The third kappa shape index (κ3) is 5.37. The smallest absolute Gasteiger partial charge is 0.433 e. The van der Waals surface area contributed by atoms with E-state index < -0.39 is 23.4 Å². The maximum Gasteiger partial charge on any atom is 0.433 e. The van der Waals surface area contributed by atoms with Crippen LogP contribution in [-0.2, 0) is 29.3 Å². The molecule has 32 heavy (non-hydrogen) atoms. The lowest BCUT2D eigenvalue weighted by Gasteiger charge is -2.22. The fraction of sp³-hybridized carbons (Fsp3) is 0.444. The molecular weight excluding hydrogens is 451 g/mol. The Labute approximate surface area is 186 Å². The first-order chi connectivity index (χ1) is 15.0. The predicted octanol–water partition coefficient (Wildman–Crippen LogP) is 1.95. The zero-order valence-electron chi connectivity index (χ0n) is 17.2. The number of thiocarbonyl (C=S) groups is 1. The molecule has 1 aliphatic rings. The zero-order chi connectivity index (χ0) is 23.5. The number of amides is 1. The number of halogens is 3. The van der Waals surface area contributed by atoms with Crippen molar-refractivity contribution in [1.82, 2.24) is 30.1 Å². The highest BCUT2D eigenvalue weighted by atomic mass is 32.1. The van der Waals surface area contributed by atoms with E-state index in [-0.39, 0.29) is 35.6 Å². The van der Waals surface area contributed by atoms with Gasteiger partial charge in [0.15, 0.2) is 0 Å². The molecular formula is C18H20F3N7O3S. The number of carbonyl (C=O) groups excluding carboxylic acids is 1. The minimum atomic E-state index is -4.69. The first kappa shape index (κ1) is 23.5. The molecule has 1 unspecified atom stereocenters. The van der Waals surface area contributed by atoms with Crippen molar-refractivity contribution in [2.24, 2.45) is 7.05 Å². The Morgan fingerprint density at radius 3 is 2.84 bits per heavy atom. The average molecular weight is 471 g/mol. The third-order valence-corrected chi connectivity index (χ3v) is 4.81. The van der Waals surface area contributed by atoms with Crippen LogP contribution in [0.2, 0.25) is 0 Å². The molecule has 2 aromatic heterocycles. The Hall–Kier alpha value is -3.13. The Morgan fingerprint density at radius 2 is 2.22 bits per heavy atom. The van der Waals surface area contributed by atoms with Gasteiger partial charge in [-0.15, -0.1) is 6.58 Å². The van der Waals surface area contributed by atoms with Gasteiger partial charge in [0, 0.05) is 13.6 Å². The maximum atomic E-state index is 13.2. The zero-order valence-corrected chi connectivity index (χ0v) is 18.0. The van der Waals surface area contributed by atoms with Gasteiger partial charge >= 0.3 is 6.18 Å². The summed E-state index contributed by atoms with van der Waals surface area (Å²) in [7, 11) is 1.49. The summed E-state index contributed by atoms with van der Waals surface area (Å²) in [6, 6.07) is 1.75. The van der Waals surface area contributed by atoms with E-state index >= 15 is 0 Å². The van der Waals surface area contributed by atoms with E-state index in [1.807, 2.05) is 0 Å². The monoisotopic (exact) mass is 471 g/mol. The number of nitrogens with one attached hydrogen (secondary N) is 1. The summed E-state index contributed by atoms with van der Waals surface area (Å²) >= 11 is 5.17. The van der Waals surface area contributed by atoms with Crippen molar-refractivity contribution in [3.8, 4) is 0 Å². The van der Waals surface area contributed by atoms with Crippen LogP contribution < -0.4 is 5.32 Å². The number of nitrogens with zero attached hydrogens (tertiary/aromatic N) is 6. The standard InChI is InChI=1S/C18H20F3N7O3S/c1-4-7-28-9-17(2,31-16(28)32)10-30-8-12-11(5-6-13(22-12)18(19,20)21)14(29)23-15-24-25-26-27(15)3/h4-6H,1,7-10H2,2-3H3,(H,23,24,26,29). The number of hydrogen-bond acceptors (Lipinski definition) is 8. The summed E-state index contributed by atoms with van der Waals surface area (Å²) in [5, 5.41) is 13.3. The van der Waals surface area contributed by atoms with Crippen LogP contribution in [0.15, 0.2) is 24.8 Å². The lowest BCUT2D eigenvalue weighted by atomic mass is 10.1. The number of aromatic nitrogens is 5. The number of carbonyl (C=O) groups is 1. The molecule has 10 nitrogen and oxygen atoms in total. The summed E-state index contributed by atoms with van der Waals surface area (Å²) in [5.74, 6) is -0.714. The van der Waals surface area contributed by atoms with Crippen molar-refractivity contribution >= 4 is 29.2 Å². The normalized spacial score (nSPS) is 18.5. The molecule has 1 fully saturated rings. The molecule has 1 atom stereocenters. The molecule has 3 rings (SSSR count). The highest BCUT2D eigenvalue weighted by molar-refractivity contribution is 7.80. The van der Waals surface area contributed by atoms with Crippen LogP contribution in [0.5, 0.6) is 0 Å². The van der Waals surface area contributed by atoms with E-state index in [1.165, 1.54) is 11.7 Å². The second-order valence-corrected chi connectivity index (χ2v) is 7.60. The lowest BCUT2D eigenvalue weighted by Crippen LogP contribution is -2.36. The van der Waals surface area contributed by atoms with Crippen molar-refractivity contribution in [1.29, 1.82) is 0 Å². The third-order valence-electron chi connectivity index (χ3n) is 4.47. The average Bonchev–Trinajstić information content (AvgIpc) is 3.23. The summed E-state index contributed by atoms with van der Waals surface area (Å²) < 4.78 is 52.0. The number of aryl methyl sites for hydroxylation is 1. The van der Waals surface area contributed by atoms with Crippen LogP contribution in [-0.4, -0.2) is 66.5 Å². The minimum Gasteiger partial charge on any atom is -0.460 e. The highest BCUT2D eigenvalue weighted by Gasteiger charge is 2.39. The van der Waals surface area contributed by atoms with Gasteiger partial charge in [-0.05, 0) is 41.7 Å². The molecule has 3 heterocycles. The minimum absolute atomic E-state index is 0.00692. The van der Waals surface area contributed by atoms with Crippen molar-refractivity contribution in [3.05, 3.63) is 41.7 Å². The molecule has 1 saturated heterocycles. The molecule has 172 valence electrons. The second kappa shape index (κ2) is 9.16. The van der Waals surface area contributed by atoms with Gasteiger partial charge in [0.1, 0.15) is 11.3 Å². The number of alkyl halides is 3. The molecule has 0 spiro atoms. The number of anilines is 1. The molecule has 0 radical (unpaired) electrons. The molecule has 2 aromatic rings. The SMILES string of the molecule is C=CCN1CC(C)(COCc2nc(C(F)(F)F)ccc2C(=O)Nc2nnnn2C)OC1=S. The first-order valence-electron chi connectivity index (χ1n) is 9.30. The van der Waals surface area contributed by atoms with E-state index in [2.05, 4.69) is 32.4 Å². The quantitative estimate of drug-likeness (QED) is 0.457. The molecule has 1 aliphatic heterocycles. The Kier molecular flexibility index (Phi) is 6.74. The number of pyridine rings is 1. The largest absolute Gasteiger partial charge is 0.460 e. The van der Waals surface area contributed by atoms with Crippen LogP contribution in [0.1, 0.15) is 28.7 Å². The van der Waals surface area contributed by atoms with Gasteiger partial charge in [-0.3, -0.25) is 10.1 Å². The summed E-state index contributed by atoms with van der Waals surface area (Å²) in [5.41, 5.74) is -2.26. The topological polar surface area (TPSA) is 107 Å². The Morgan fingerprint density at radius 1 is 1.47 bits per heavy atom. The van der Waals surface area contributed by atoms with Crippen LogP contribution in [0, 0.1) is 0 Å². The number of tetrazole rings is 1. The van der Waals surface area contributed by atoms with Gasteiger partial charge in [0.2, 0.25) is 5.95 Å². The number of rotatable bonds is 8. The van der Waals surface area contributed by atoms with E-state index in [0.29, 0.717) is 13.1 Å². The molecule has 1 N–H and O–H groups in total. The van der Waals surface area contributed by atoms with E-state index in [1.54, 1.807) is 17.9 Å². The van der Waals surface area contributed by atoms with Crippen LogP contribution in [0.3, 0.4) is 0 Å². The van der Waals surface area contributed by atoms with Crippen molar-refractivity contribution < 1.29 is 27.4 Å². The summed E-state index contributed by atoms with van der Waals surface area (Å²) in [6.07, 6.45) is -3.01. The molecule has 0 bridgehead atoms. The van der Waals surface area contributed by atoms with Gasteiger partial charge in [0.25, 0.3) is 11.1 Å². The Bertz CT molecular complexity index is 1030. The molecule has 0 saturated carbocycles. The van der Waals surface area contributed by atoms with Gasteiger partial charge in [-0.25, -0.2) is 9.67 Å². The number of hydrogen-bond donors (Lipinski definition) is 1. The second-order valence-electron chi connectivity index (χ2n) is 7.25. The van der Waals surface area contributed by atoms with E-state index in [4.69, 9.17) is 21.7 Å². The van der Waals surface area contributed by atoms with Crippen LogP contribution >= 0.6 is 12.2 Å². The van der Waals surface area contributed by atoms with Crippen LogP contribution in [0.4, 0.5) is 19.1 Å². The lowest BCUT2D eigenvalue weighted by molar-refractivity contribution is -0.141. The molecule has 14 heteroatoms. The fourth-order valence-electron chi connectivity index (χ4n) is 2.99. The van der Waals surface area contributed by atoms with E-state index in [0.717, 1.165) is 12.1 Å². The van der Waals surface area contributed by atoms with Gasteiger partial charge in [-0.1, -0.05) is 11.2 Å². The molecule has 0 aromatic carbocycles. The van der Waals surface area contributed by atoms with Gasteiger partial charge < -0.3 is 14.4 Å². The maximum absolute atomic E-state index is 13.2. The fourth-order valence-corrected chi connectivity index (χ4v) is 3.33. The molecule has 0 aliphatic carbocycles. The summed E-state index contributed by atoms with van der Waals surface area (Å²) in [4.78, 5) is 18.0. The van der Waals surface area contributed by atoms with Crippen molar-refractivity contribution in [3.63, 3.8) is 0 Å². The van der Waals surface area contributed by atoms with Crippen LogP contribution in [0.25, 0.3) is 0 Å². The first-order valence-corrected chi connectivity index (χ1v) is 9.70.